The third-order valence-electron chi connectivity index (χ3n) is 0.849. The lowest BCUT2D eigenvalue weighted by Gasteiger charge is -1.88. The molecule has 0 aliphatic rings. The van der Waals surface area contributed by atoms with Gasteiger partial charge in [-0.3, -0.25) is 0 Å². The van der Waals surface area contributed by atoms with Crippen molar-refractivity contribution in [3.63, 3.8) is 0 Å². The summed E-state index contributed by atoms with van der Waals surface area (Å²) in [5.74, 6) is 0. The van der Waals surface area contributed by atoms with Crippen molar-refractivity contribution in [1.29, 1.82) is 0 Å². The molecule has 1 aromatic rings. The lowest BCUT2D eigenvalue weighted by atomic mass is 10.4. The van der Waals surface area contributed by atoms with Gasteiger partial charge in [0.1, 0.15) is 0 Å². The minimum atomic E-state index is 0. The van der Waals surface area contributed by atoms with Crippen molar-refractivity contribution in [3.8, 4) is 0 Å². The Morgan fingerprint density at radius 1 is 1.33 bits per heavy atom. The first kappa shape index (κ1) is 9.42. The molecule has 1 rings (SSSR count). The molecule has 1 atom stereocenters. The van der Waals surface area contributed by atoms with Gasteiger partial charge in [-0.05, 0) is 17.4 Å². The van der Waals surface area contributed by atoms with Crippen LogP contribution in [0.1, 0.15) is 0 Å². The molecule has 1 unspecified atom stereocenters. The van der Waals surface area contributed by atoms with Crippen LogP contribution < -0.4 is 5.30 Å². The topological polar surface area (TPSA) is 0 Å². The molecule has 0 N–H and O–H groups in total. The molecule has 0 amide bonds. The van der Waals surface area contributed by atoms with E-state index in [1.54, 1.807) is 0 Å². The fourth-order valence-corrected chi connectivity index (χ4v) is 1.46. The second kappa shape index (κ2) is 4.27. The van der Waals surface area contributed by atoms with Crippen LogP contribution in [0.4, 0.5) is 0 Å². The monoisotopic (exact) mass is 224 g/mol. The highest BCUT2D eigenvalue weighted by Gasteiger charge is 1.82. The molecule has 0 nitrogen and oxygen atoms in total. The second-order valence-corrected chi connectivity index (χ2v) is 3.14. The average Bonchev–Trinajstić information content (AvgIpc) is 1.64. The maximum Gasteiger partial charge on any atom is 0.0181 e. The van der Waals surface area contributed by atoms with E-state index in [0.717, 1.165) is 4.47 Å². The van der Waals surface area contributed by atoms with Crippen LogP contribution in [0.15, 0.2) is 28.7 Å². The van der Waals surface area contributed by atoms with Gasteiger partial charge in [0, 0.05) is 4.47 Å². The summed E-state index contributed by atoms with van der Waals surface area (Å²) >= 11 is 3.35. The Kier molecular flexibility index (Phi) is 4.47. The fraction of sp³-hybridized carbons (Fsp3) is 0. The quantitative estimate of drug-likeness (QED) is 0.595. The van der Waals surface area contributed by atoms with Crippen LogP contribution in [0.5, 0.6) is 0 Å². The molecule has 1 aromatic carbocycles. The Morgan fingerprint density at radius 3 is 2.33 bits per heavy atom. The van der Waals surface area contributed by atoms with E-state index in [4.69, 9.17) is 0 Å². The number of benzene rings is 1. The van der Waals surface area contributed by atoms with E-state index in [1.165, 1.54) is 5.30 Å². The number of halogens is 2. The lowest BCUT2D eigenvalue weighted by molar-refractivity contribution is 1.71. The SMILES string of the molecule is Cl.Pc1cccc(Br)c1. The predicted octanol–water partition coefficient (Wildman–Crippen LogP) is 2.37. The summed E-state index contributed by atoms with van der Waals surface area (Å²) in [5, 5.41) is 1.21. The van der Waals surface area contributed by atoms with Crippen LogP contribution in [0.2, 0.25) is 0 Å². The summed E-state index contributed by atoms with van der Waals surface area (Å²) in [6.45, 7) is 0. The normalized spacial score (nSPS) is 8.22. The Labute approximate surface area is 71.8 Å². The van der Waals surface area contributed by atoms with Crippen molar-refractivity contribution < 1.29 is 0 Å². The molecule has 0 aromatic heterocycles. The van der Waals surface area contributed by atoms with Gasteiger partial charge in [-0.1, -0.05) is 28.1 Å². The highest BCUT2D eigenvalue weighted by Crippen LogP contribution is 2.06. The van der Waals surface area contributed by atoms with Crippen molar-refractivity contribution in [3.05, 3.63) is 28.7 Å². The molecule has 0 saturated carbocycles. The van der Waals surface area contributed by atoms with Gasteiger partial charge in [-0.15, -0.1) is 21.6 Å². The summed E-state index contributed by atoms with van der Waals surface area (Å²) in [7, 11) is 2.63. The van der Waals surface area contributed by atoms with E-state index in [2.05, 4.69) is 25.2 Å². The molecular formula is C6H7BrClP. The van der Waals surface area contributed by atoms with E-state index in [-0.39, 0.29) is 12.4 Å². The lowest BCUT2D eigenvalue weighted by Crippen LogP contribution is -1.85. The Bertz CT molecular complexity index is 173. The average molecular weight is 225 g/mol. The first-order valence-electron chi connectivity index (χ1n) is 2.30. The van der Waals surface area contributed by atoms with Gasteiger partial charge in [0.05, 0.1) is 0 Å². The van der Waals surface area contributed by atoms with E-state index < -0.39 is 0 Å². The Balaban J connectivity index is 0.000000640. The molecule has 0 aliphatic heterocycles. The molecular weight excluding hydrogens is 218 g/mol. The van der Waals surface area contributed by atoms with Crippen molar-refractivity contribution in [1.82, 2.24) is 0 Å². The summed E-state index contributed by atoms with van der Waals surface area (Å²) < 4.78 is 1.13. The van der Waals surface area contributed by atoms with Crippen LogP contribution in [-0.2, 0) is 0 Å². The molecule has 0 radical (unpaired) electrons. The molecule has 9 heavy (non-hydrogen) atoms. The van der Waals surface area contributed by atoms with E-state index in [0.29, 0.717) is 0 Å². The molecule has 0 bridgehead atoms. The zero-order valence-corrected chi connectivity index (χ0v) is 8.23. The molecule has 0 saturated heterocycles. The zero-order valence-electron chi connectivity index (χ0n) is 4.67. The van der Waals surface area contributed by atoms with Crippen LogP contribution >= 0.6 is 37.6 Å². The van der Waals surface area contributed by atoms with Crippen molar-refractivity contribution in [2.24, 2.45) is 0 Å². The van der Waals surface area contributed by atoms with Crippen molar-refractivity contribution in [2.75, 3.05) is 0 Å². The second-order valence-electron chi connectivity index (χ2n) is 1.56. The number of hydrogen-bond donors (Lipinski definition) is 0. The number of rotatable bonds is 0. The summed E-state index contributed by atoms with van der Waals surface area (Å²) in [4.78, 5) is 0. The maximum atomic E-state index is 3.35. The number of hydrogen-bond acceptors (Lipinski definition) is 0. The summed E-state index contributed by atoms with van der Waals surface area (Å²) in [5.41, 5.74) is 0. The highest BCUT2D eigenvalue weighted by molar-refractivity contribution is 9.10. The highest BCUT2D eigenvalue weighted by atomic mass is 79.9. The Hall–Kier alpha value is 0.420. The zero-order chi connectivity index (χ0) is 5.98. The summed E-state index contributed by atoms with van der Waals surface area (Å²) in [6, 6.07) is 8.10. The first-order valence-corrected chi connectivity index (χ1v) is 3.67. The van der Waals surface area contributed by atoms with Crippen LogP contribution in [0.3, 0.4) is 0 Å². The maximum absolute atomic E-state index is 3.35. The van der Waals surface area contributed by atoms with E-state index in [1.807, 2.05) is 24.3 Å². The minimum Gasteiger partial charge on any atom is -0.147 e. The first-order chi connectivity index (χ1) is 3.79. The fourth-order valence-electron chi connectivity index (χ4n) is 0.507. The molecule has 50 valence electrons. The summed E-state index contributed by atoms with van der Waals surface area (Å²) in [6.07, 6.45) is 0. The van der Waals surface area contributed by atoms with Crippen molar-refractivity contribution in [2.45, 2.75) is 0 Å². The van der Waals surface area contributed by atoms with Crippen LogP contribution in [-0.4, -0.2) is 0 Å². The smallest absolute Gasteiger partial charge is 0.0181 e. The Morgan fingerprint density at radius 2 is 2.00 bits per heavy atom. The van der Waals surface area contributed by atoms with Gasteiger partial charge >= 0.3 is 0 Å². The molecule has 3 heteroatoms. The molecule has 0 aliphatic carbocycles. The van der Waals surface area contributed by atoms with Gasteiger partial charge in [0.25, 0.3) is 0 Å². The molecule has 0 spiro atoms. The van der Waals surface area contributed by atoms with E-state index in [9.17, 15) is 0 Å². The van der Waals surface area contributed by atoms with Gasteiger partial charge < -0.3 is 0 Å². The van der Waals surface area contributed by atoms with Gasteiger partial charge in [0.2, 0.25) is 0 Å². The standard InChI is InChI=1S/C6H6BrP.ClH/c7-5-2-1-3-6(8)4-5;/h1-4H,8H2;1H. The minimum absolute atomic E-state index is 0. The van der Waals surface area contributed by atoms with Gasteiger partial charge in [0.15, 0.2) is 0 Å². The van der Waals surface area contributed by atoms with Gasteiger partial charge in [-0.25, -0.2) is 0 Å². The molecule has 0 fully saturated rings. The largest absolute Gasteiger partial charge is 0.147 e. The predicted molar refractivity (Wildman–Crippen MR) is 50.7 cm³/mol. The molecule has 0 heterocycles. The van der Waals surface area contributed by atoms with Crippen LogP contribution in [0.25, 0.3) is 0 Å². The third-order valence-corrected chi connectivity index (χ3v) is 1.70. The third kappa shape index (κ3) is 3.20. The van der Waals surface area contributed by atoms with Crippen LogP contribution in [0, 0.1) is 0 Å². The van der Waals surface area contributed by atoms with E-state index >= 15 is 0 Å². The van der Waals surface area contributed by atoms with Crippen molar-refractivity contribution >= 4 is 42.9 Å². The van der Waals surface area contributed by atoms with Gasteiger partial charge in [-0.2, -0.15) is 0 Å².